The molecule has 0 amide bonds. The standard InChI is InChI=1S/C16H30N4.HI/c1-13-7-6-10-20(12-13)14(2)11-18-16(17-3)19-15-8-4-5-9-15;/h4-5,13-15H,6-12H2,1-3H3,(H2,17,18,19);1H. The maximum Gasteiger partial charge on any atom is 0.191 e. The third kappa shape index (κ3) is 6.14. The van der Waals surface area contributed by atoms with Gasteiger partial charge in [-0.15, -0.1) is 24.0 Å². The number of aliphatic imine (C=N–C) groups is 1. The number of halogens is 1. The number of guanidine groups is 1. The molecule has 5 heteroatoms. The highest BCUT2D eigenvalue weighted by Gasteiger charge is 2.21. The van der Waals surface area contributed by atoms with E-state index in [0.29, 0.717) is 12.1 Å². The second-order valence-corrected chi connectivity index (χ2v) is 6.33. The smallest absolute Gasteiger partial charge is 0.191 e. The average Bonchev–Trinajstić information content (AvgIpc) is 2.96. The first kappa shape index (κ1) is 18.7. The summed E-state index contributed by atoms with van der Waals surface area (Å²) in [7, 11) is 1.85. The molecule has 21 heavy (non-hydrogen) atoms. The predicted octanol–water partition coefficient (Wildman–Crippen LogP) is 2.61. The maximum absolute atomic E-state index is 4.33. The van der Waals surface area contributed by atoms with Gasteiger partial charge in [0.1, 0.15) is 0 Å². The quantitative estimate of drug-likeness (QED) is 0.326. The maximum atomic E-state index is 4.33. The lowest BCUT2D eigenvalue weighted by Gasteiger charge is -2.35. The molecule has 4 nitrogen and oxygen atoms in total. The molecular weight excluding hydrogens is 375 g/mol. The van der Waals surface area contributed by atoms with Crippen LogP contribution in [0.25, 0.3) is 0 Å². The summed E-state index contributed by atoms with van der Waals surface area (Å²) in [6, 6.07) is 1.09. The van der Waals surface area contributed by atoms with Crippen molar-refractivity contribution in [1.29, 1.82) is 0 Å². The summed E-state index contributed by atoms with van der Waals surface area (Å²) >= 11 is 0. The first-order valence-electron chi connectivity index (χ1n) is 8.05. The topological polar surface area (TPSA) is 39.7 Å². The van der Waals surface area contributed by atoms with Crippen molar-refractivity contribution in [2.24, 2.45) is 10.9 Å². The van der Waals surface area contributed by atoms with E-state index >= 15 is 0 Å². The molecular formula is C16H31IN4. The van der Waals surface area contributed by atoms with Gasteiger partial charge in [0.15, 0.2) is 5.96 Å². The summed E-state index contributed by atoms with van der Waals surface area (Å²) < 4.78 is 0. The van der Waals surface area contributed by atoms with Gasteiger partial charge in [0.05, 0.1) is 0 Å². The number of hydrogen-bond donors (Lipinski definition) is 2. The summed E-state index contributed by atoms with van der Waals surface area (Å²) in [6.45, 7) is 8.12. The summed E-state index contributed by atoms with van der Waals surface area (Å²) in [6.07, 6.45) is 9.42. The Hall–Kier alpha value is -0.300. The van der Waals surface area contributed by atoms with Crippen molar-refractivity contribution in [3.05, 3.63) is 12.2 Å². The van der Waals surface area contributed by atoms with E-state index in [0.717, 1.165) is 31.3 Å². The van der Waals surface area contributed by atoms with Crippen LogP contribution < -0.4 is 10.6 Å². The molecule has 0 aromatic rings. The largest absolute Gasteiger partial charge is 0.355 e. The average molecular weight is 406 g/mol. The molecule has 0 bridgehead atoms. The van der Waals surface area contributed by atoms with Crippen molar-refractivity contribution in [2.75, 3.05) is 26.7 Å². The molecule has 2 N–H and O–H groups in total. The number of piperidine rings is 1. The lowest BCUT2D eigenvalue weighted by Crippen LogP contribution is -2.49. The monoisotopic (exact) mass is 406 g/mol. The molecule has 1 aliphatic heterocycles. The molecule has 0 saturated carbocycles. The van der Waals surface area contributed by atoms with Crippen LogP contribution in [0.3, 0.4) is 0 Å². The Bertz CT molecular complexity index is 348. The zero-order valence-corrected chi connectivity index (χ0v) is 16.0. The van der Waals surface area contributed by atoms with Gasteiger partial charge in [-0.2, -0.15) is 0 Å². The van der Waals surface area contributed by atoms with Crippen molar-refractivity contribution < 1.29 is 0 Å². The molecule has 1 heterocycles. The van der Waals surface area contributed by atoms with Crippen LogP contribution in [0.1, 0.15) is 39.5 Å². The van der Waals surface area contributed by atoms with Gasteiger partial charge in [-0.25, -0.2) is 0 Å². The van der Waals surface area contributed by atoms with Gasteiger partial charge in [-0.3, -0.25) is 9.89 Å². The summed E-state index contributed by atoms with van der Waals surface area (Å²) in [5.74, 6) is 1.78. The van der Waals surface area contributed by atoms with Gasteiger partial charge < -0.3 is 10.6 Å². The first-order chi connectivity index (χ1) is 9.69. The number of nitrogens with zero attached hydrogens (tertiary/aromatic N) is 2. The molecule has 122 valence electrons. The van der Waals surface area contributed by atoms with Crippen LogP contribution >= 0.6 is 24.0 Å². The normalized spacial score (nSPS) is 25.5. The first-order valence-corrected chi connectivity index (χ1v) is 8.05. The Morgan fingerprint density at radius 1 is 1.38 bits per heavy atom. The zero-order chi connectivity index (χ0) is 14.4. The van der Waals surface area contributed by atoms with E-state index in [1.165, 1.54) is 25.9 Å². The van der Waals surface area contributed by atoms with E-state index in [4.69, 9.17) is 0 Å². The van der Waals surface area contributed by atoms with E-state index in [2.05, 4.69) is 46.5 Å². The number of hydrogen-bond acceptors (Lipinski definition) is 2. The molecule has 0 radical (unpaired) electrons. The minimum atomic E-state index is 0. The molecule has 1 aliphatic carbocycles. The highest BCUT2D eigenvalue weighted by molar-refractivity contribution is 14.0. The molecule has 2 aliphatic rings. The van der Waals surface area contributed by atoms with Crippen molar-refractivity contribution in [1.82, 2.24) is 15.5 Å². The van der Waals surface area contributed by atoms with E-state index < -0.39 is 0 Å². The van der Waals surface area contributed by atoms with E-state index in [9.17, 15) is 0 Å². The Kier molecular flexibility index (Phi) is 8.63. The SMILES string of the molecule is CN=C(NCC(C)N1CCCC(C)C1)NC1CC=CC1.I. The van der Waals surface area contributed by atoms with Crippen molar-refractivity contribution in [3.63, 3.8) is 0 Å². The molecule has 2 rings (SSSR count). The highest BCUT2D eigenvalue weighted by atomic mass is 127. The van der Waals surface area contributed by atoms with Crippen molar-refractivity contribution in [2.45, 2.75) is 51.6 Å². The minimum absolute atomic E-state index is 0. The Morgan fingerprint density at radius 2 is 2.10 bits per heavy atom. The number of rotatable bonds is 4. The van der Waals surface area contributed by atoms with Crippen molar-refractivity contribution in [3.8, 4) is 0 Å². The zero-order valence-electron chi connectivity index (χ0n) is 13.6. The Balaban J connectivity index is 0.00000220. The number of likely N-dealkylation sites (tertiary alicyclic amines) is 1. The van der Waals surface area contributed by atoms with Gasteiger partial charge >= 0.3 is 0 Å². The van der Waals surface area contributed by atoms with Crippen LogP contribution in [-0.2, 0) is 0 Å². The van der Waals surface area contributed by atoms with Gasteiger partial charge in [0, 0.05) is 32.2 Å². The fourth-order valence-electron chi connectivity index (χ4n) is 3.12. The van der Waals surface area contributed by atoms with Gasteiger partial charge in [-0.1, -0.05) is 19.1 Å². The van der Waals surface area contributed by atoms with Gasteiger partial charge in [0.25, 0.3) is 0 Å². The molecule has 0 aromatic carbocycles. The molecule has 2 unspecified atom stereocenters. The van der Waals surface area contributed by atoms with Crippen LogP contribution in [0.4, 0.5) is 0 Å². The van der Waals surface area contributed by atoms with Crippen LogP contribution in [0, 0.1) is 5.92 Å². The van der Waals surface area contributed by atoms with E-state index in [-0.39, 0.29) is 24.0 Å². The van der Waals surface area contributed by atoms with Gasteiger partial charge in [0.2, 0.25) is 0 Å². The molecule has 0 aromatic heterocycles. The molecule has 1 fully saturated rings. The number of nitrogens with one attached hydrogen (secondary N) is 2. The molecule has 1 saturated heterocycles. The summed E-state index contributed by atoms with van der Waals surface area (Å²) in [5, 5.41) is 6.97. The molecule has 2 atom stereocenters. The van der Waals surface area contributed by atoms with Crippen LogP contribution in [0.5, 0.6) is 0 Å². The molecule has 0 spiro atoms. The Morgan fingerprint density at radius 3 is 2.71 bits per heavy atom. The predicted molar refractivity (Wildman–Crippen MR) is 102 cm³/mol. The van der Waals surface area contributed by atoms with E-state index in [1.807, 2.05) is 7.05 Å². The third-order valence-corrected chi connectivity index (χ3v) is 4.45. The lowest BCUT2D eigenvalue weighted by molar-refractivity contribution is 0.139. The van der Waals surface area contributed by atoms with Crippen LogP contribution in [-0.4, -0.2) is 49.6 Å². The van der Waals surface area contributed by atoms with Gasteiger partial charge in [-0.05, 0) is 45.1 Å². The Labute approximate surface area is 146 Å². The fourth-order valence-corrected chi connectivity index (χ4v) is 3.12. The van der Waals surface area contributed by atoms with Crippen molar-refractivity contribution >= 4 is 29.9 Å². The highest BCUT2D eigenvalue weighted by Crippen LogP contribution is 2.17. The van der Waals surface area contributed by atoms with Crippen LogP contribution in [0.15, 0.2) is 17.1 Å². The van der Waals surface area contributed by atoms with Crippen LogP contribution in [0.2, 0.25) is 0 Å². The second-order valence-electron chi connectivity index (χ2n) is 6.33. The third-order valence-electron chi connectivity index (χ3n) is 4.45. The summed E-state index contributed by atoms with van der Waals surface area (Å²) in [4.78, 5) is 6.93. The fraction of sp³-hybridized carbons (Fsp3) is 0.812. The second kappa shape index (κ2) is 9.66. The summed E-state index contributed by atoms with van der Waals surface area (Å²) in [5.41, 5.74) is 0. The minimum Gasteiger partial charge on any atom is -0.355 e. The van der Waals surface area contributed by atoms with E-state index in [1.54, 1.807) is 0 Å². The lowest BCUT2D eigenvalue weighted by atomic mass is 9.99.